The van der Waals surface area contributed by atoms with Crippen molar-refractivity contribution in [2.75, 3.05) is 26.2 Å². The Hall–Kier alpha value is -2.99. The van der Waals surface area contributed by atoms with Gasteiger partial charge in [0.05, 0.1) is 13.2 Å². The predicted octanol–water partition coefficient (Wildman–Crippen LogP) is 3.38. The number of carbonyl (C=O) groups is 2. The first-order valence-electron chi connectivity index (χ1n) is 11.4. The van der Waals surface area contributed by atoms with Crippen molar-refractivity contribution >= 4 is 11.8 Å². The zero-order valence-electron chi connectivity index (χ0n) is 18.5. The van der Waals surface area contributed by atoms with Crippen LogP contribution < -0.4 is 5.32 Å². The number of rotatable bonds is 7. The Bertz CT molecular complexity index is 939. The topological polar surface area (TPSA) is 71.5 Å². The van der Waals surface area contributed by atoms with Gasteiger partial charge >= 0.3 is 0 Å². The molecular weight excluding hydrogens is 402 g/mol. The highest BCUT2D eigenvalue weighted by Gasteiger charge is 2.45. The van der Waals surface area contributed by atoms with E-state index in [4.69, 9.17) is 4.74 Å². The Labute approximate surface area is 189 Å². The standard InChI is InChI=1S/C26H31N3O3/c1-2-13-28-25(31)26(19-29(15-16-32-26)24(30)22-6-3-4-7-22)17-20-9-11-21(12-10-20)23-8-5-14-27-18-23/h2,5,8-12,14,18,22H,1,3-4,6-7,13,15-17,19H2,(H,28,31). The van der Waals surface area contributed by atoms with Crippen molar-refractivity contribution in [3.63, 3.8) is 0 Å². The van der Waals surface area contributed by atoms with Gasteiger partial charge in [0.2, 0.25) is 5.91 Å². The minimum atomic E-state index is -1.11. The number of hydrogen-bond donors (Lipinski definition) is 1. The molecule has 2 aromatic rings. The van der Waals surface area contributed by atoms with Gasteiger partial charge in [-0.3, -0.25) is 14.6 Å². The zero-order valence-corrected chi connectivity index (χ0v) is 18.5. The maximum Gasteiger partial charge on any atom is 0.254 e. The second-order valence-electron chi connectivity index (χ2n) is 8.70. The fourth-order valence-electron chi connectivity index (χ4n) is 4.73. The number of carbonyl (C=O) groups excluding carboxylic acids is 2. The van der Waals surface area contributed by atoms with Crippen LogP contribution in [0.3, 0.4) is 0 Å². The molecule has 1 aromatic carbocycles. The molecule has 0 bridgehead atoms. The van der Waals surface area contributed by atoms with Gasteiger partial charge in [-0.25, -0.2) is 0 Å². The molecule has 6 nitrogen and oxygen atoms in total. The fraction of sp³-hybridized carbons (Fsp3) is 0.423. The summed E-state index contributed by atoms with van der Waals surface area (Å²) < 4.78 is 6.14. The van der Waals surface area contributed by atoms with Crippen molar-refractivity contribution in [3.05, 3.63) is 67.0 Å². The minimum Gasteiger partial charge on any atom is -0.361 e. The average molecular weight is 434 g/mol. The summed E-state index contributed by atoms with van der Waals surface area (Å²) in [6.45, 7) is 5.22. The van der Waals surface area contributed by atoms with Crippen LogP contribution in [0.5, 0.6) is 0 Å². The Morgan fingerprint density at radius 1 is 1.19 bits per heavy atom. The third-order valence-corrected chi connectivity index (χ3v) is 6.46. The van der Waals surface area contributed by atoms with Gasteiger partial charge in [0.25, 0.3) is 5.91 Å². The molecule has 0 radical (unpaired) electrons. The molecular formula is C26H31N3O3. The average Bonchev–Trinajstić information content (AvgIpc) is 3.38. The summed E-state index contributed by atoms with van der Waals surface area (Å²) in [6.07, 6.45) is 9.74. The van der Waals surface area contributed by atoms with Gasteiger partial charge in [-0.2, -0.15) is 0 Å². The van der Waals surface area contributed by atoms with Crippen LogP contribution in [-0.2, 0) is 20.7 Å². The van der Waals surface area contributed by atoms with E-state index in [0.717, 1.165) is 42.4 Å². The van der Waals surface area contributed by atoms with E-state index in [1.165, 1.54) is 0 Å². The first-order chi connectivity index (χ1) is 15.6. The third-order valence-electron chi connectivity index (χ3n) is 6.46. The maximum atomic E-state index is 13.2. The second-order valence-corrected chi connectivity index (χ2v) is 8.70. The molecule has 1 atom stereocenters. The van der Waals surface area contributed by atoms with Crippen LogP contribution >= 0.6 is 0 Å². The van der Waals surface area contributed by atoms with Gasteiger partial charge < -0.3 is 15.0 Å². The Morgan fingerprint density at radius 3 is 2.66 bits per heavy atom. The minimum absolute atomic E-state index is 0.0841. The van der Waals surface area contributed by atoms with Crippen LogP contribution in [0.1, 0.15) is 31.2 Å². The Morgan fingerprint density at radius 2 is 1.97 bits per heavy atom. The summed E-state index contributed by atoms with van der Waals surface area (Å²) in [6, 6.07) is 12.0. The number of pyridine rings is 1. The van der Waals surface area contributed by atoms with Crippen molar-refractivity contribution in [1.29, 1.82) is 0 Å². The Kier molecular flexibility index (Phi) is 7.00. The molecule has 0 spiro atoms. The molecule has 1 unspecified atom stereocenters. The lowest BCUT2D eigenvalue weighted by atomic mass is 9.89. The van der Waals surface area contributed by atoms with E-state index < -0.39 is 5.60 Å². The maximum absolute atomic E-state index is 13.2. The van der Waals surface area contributed by atoms with Crippen LogP contribution in [0, 0.1) is 5.92 Å². The highest BCUT2D eigenvalue weighted by Crippen LogP contribution is 2.30. The molecule has 2 amide bonds. The number of morpholine rings is 1. The molecule has 1 aliphatic heterocycles. The molecule has 1 aliphatic carbocycles. The number of benzene rings is 1. The number of ether oxygens (including phenoxy) is 1. The van der Waals surface area contributed by atoms with Crippen molar-refractivity contribution in [2.24, 2.45) is 5.92 Å². The van der Waals surface area contributed by atoms with Gasteiger partial charge in [0, 0.05) is 37.8 Å². The van der Waals surface area contributed by atoms with Crippen LogP contribution in [0.25, 0.3) is 11.1 Å². The van der Waals surface area contributed by atoms with Gasteiger partial charge in [-0.15, -0.1) is 6.58 Å². The van der Waals surface area contributed by atoms with Crippen LogP contribution in [-0.4, -0.2) is 53.5 Å². The second kappa shape index (κ2) is 10.1. The highest BCUT2D eigenvalue weighted by molar-refractivity contribution is 5.88. The smallest absolute Gasteiger partial charge is 0.254 e. The molecule has 168 valence electrons. The first-order valence-corrected chi connectivity index (χ1v) is 11.4. The molecule has 2 aliphatic rings. The van der Waals surface area contributed by atoms with Crippen molar-refractivity contribution in [1.82, 2.24) is 15.2 Å². The van der Waals surface area contributed by atoms with Crippen molar-refractivity contribution in [2.45, 2.75) is 37.7 Å². The molecule has 1 N–H and O–H groups in total. The lowest BCUT2D eigenvalue weighted by molar-refractivity contribution is -0.167. The number of amides is 2. The van der Waals surface area contributed by atoms with E-state index in [-0.39, 0.29) is 24.3 Å². The molecule has 2 fully saturated rings. The summed E-state index contributed by atoms with van der Waals surface area (Å²) in [5.41, 5.74) is 1.99. The molecule has 1 aromatic heterocycles. The van der Waals surface area contributed by atoms with Crippen molar-refractivity contribution < 1.29 is 14.3 Å². The summed E-state index contributed by atoms with van der Waals surface area (Å²) >= 11 is 0. The molecule has 1 saturated heterocycles. The molecule has 2 heterocycles. The number of nitrogens with one attached hydrogen (secondary N) is 1. The van der Waals surface area contributed by atoms with E-state index >= 15 is 0 Å². The normalized spacial score (nSPS) is 21.3. The van der Waals surface area contributed by atoms with Crippen LogP contribution in [0.4, 0.5) is 0 Å². The van der Waals surface area contributed by atoms with E-state index in [1.54, 1.807) is 12.3 Å². The van der Waals surface area contributed by atoms with E-state index in [0.29, 0.717) is 26.1 Å². The van der Waals surface area contributed by atoms with E-state index in [9.17, 15) is 9.59 Å². The van der Waals surface area contributed by atoms with E-state index in [2.05, 4.69) is 16.9 Å². The van der Waals surface area contributed by atoms with Crippen LogP contribution in [0.2, 0.25) is 0 Å². The van der Waals surface area contributed by atoms with Gasteiger partial charge in [-0.1, -0.05) is 49.2 Å². The Balaban J connectivity index is 1.55. The lowest BCUT2D eigenvalue weighted by Crippen LogP contribution is -2.62. The zero-order chi connectivity index (χ0) is 22.4. The first kappa shape index (κ1) is 22.2. The fourth-order valence-corrected chi connectivity index (χ4v) is 4.73. The highest BCUT2D eigenvalue weighted by atomic mass is 16.5. The van der Waals surface area contributed by atoms with Gasteiger partial charge in [-0.05, 0) is 35.6 Å². The largest absolute Gasteiger partial charge is 0.361 e. The quantitative estimate of drug-likeness (QED) is 0.680. The van der Waals surface area contributed by atoms with Gasteiger partial charge in [0.1, 0.15) is 0 Å². The number of aromatic nitrogens is 1. The summed E-state index contributed by atoms with van der Waals surface area (Å²) in [4.78, 5) is 32.3. The lowest BCUT2D eigenvalue weighted by Gasteiger charge is -2.42. The molecule has 4 rings (SSSR count). The van der Waals surface area contributed by atoms with Crippen LogP contribution in [0.15, 0.2) is 61.4 Å². The summed E-state index contributed by atoms with van der Waals surface area (Å²) in [7, 11) is 0. The monoisotopic (exact) mass is 433 g/mol. The SMILES string of the molecule is C=CCNC(=O)C1(Cc2ccc(-c3cccnc3)cc2)CN(C(=O)C2CCCC2)CCO1. The molecule has 6 heteroatoms. The third kappa shape index (κ3) is 4.91. The molecule has 1 saturated carbocycles. The van der Waals surface area contributed by atoms with Gasteiger partial charge in [0.15, 0.2) is 5.60 Å². The van der Waals surface area contributed by atoms with Crippen molar-refractivity contribution in [3.8, 4) is 11.1 Å². The summed E-state index contributed by atoms with van der Waals surface area (Å²) in [5.74, 6) is 0.0529. The number of nitrogens with zero attached hydrogens (tertiary/aromatic N) is 2. The molecule has 32 heavy (non-hydrogen) atoms. The number of hydrogen-bond acceptors (Lipinski definition) is 4. The van der Waals surface area contributed by atoms with E-state index in [1.807, 2.05) is 47.5 Å². The predicted molar refractivity (Wildman–Crippen MR) is 124 cm³/mol. The summed E-state index contributed by atoms with van der Waals surface area (Å²) in [5, 5.41) is 2.90.